The Balaban J connectivity index is 2.52. The Morgan fingerprint density at radius 2 is 1.52 bits per heavy atom. The average Bonchev–Trinajstić information content (AvgIpc) is 2.53. The van der Waals surface area contributed by atoms with Crippen LogP contribution in [0, 0.1) is 0 Å². The minimum absolute atomic E-state index is 0.0174. The first-order chi connectivity index (χ1) is 11.0. The molecule has 0 unspecified atom stereocenters. The summed E-state index contributed by atoms with van der Waals surface area (Å²) in [6, 6.07) is 9.80. The summed E-state index contributed by atoms with van der Waals surface area (Å²) in [5, 5.41) is 16.2. The SMILES string of the molecule is [N-]=[N+]=Nc1cc(NS(=O)(=O)c2ccccc2)cc(N=[N+]=[N-])c1O. The lowest BCUT2D eigenvalue weighted by Crippen LogP contribution is -2.12. The van der Waals surface area contributed by atoms with Gasteiger partial charge < -0.3 is 5.11 Å². The molecule has 0 bridgehead atoms. The molecule has 116 valence electrons. The third-order valence-electron chi connectivity index (χ3n) is 2.68. The second kappa shape index (κ2) is 6.58. The lowest BCUT2D eigenvalue weighted by Gasteiger charge is -2.10. The molecule has 0 fully saturated rings. The van der Waals surface area contributed by atoms with E-state index in [2.05, 4.69) is 24.8 Å². The Morgan fingerprint density at radius 1 is 1.00 bits per heavy atom. The molecule has 0 spiro atoms. The molecule has 2 aromatic rings. The van der Waals surface area contributed by atoms with E-state index in [1.54, 1.807) is 18.2 Å². The number of azide groups is 2. The normalized spacial score (nSPS) is 10.3. The molecule has 11 heteroatoms. The Hall–Kier alpha value is -3.39. The van der Waals surface area contributed by atoms with Crippen LogP contribution >= 0.6 is 0 Å². The highest BCUT2D eigenvalue weighted by Crippen LogP contribution is 2.40. The molecule has 0 aliphatic rings. The van der Waals surface area contributed by atoms with Crippen molar-refractivity contribution < 1.29 is 13.5 Å². The van der Waals surface area contributed by atoms with Gasteiger partial charge in [0.2, 0.25) is 0 Å². The number of nitrogens with one attached hydrogen (secondary N) is 1. The number of anilines is 1. The monoisotopic (exact) mass is 331 g/mol. The number of hydrogen-bond acceptors (Lipinski definition) is 5. The summed E-state index contributed by atoms with van der Waals surface area (Å²) >= 11 is 0. The summed E-state index contributed by atoms with van der Waals surface area (Å²) in [4.78, 5) is 5.05. The van der Waals surface area contributed by atoms with Crippen molar-refractivity contribution in [1.29, 1.82) is 0 Å². The number of nitrogens with zero attached hydrogens (tertiary/aromatic N) is 6. The van der Waals surface area contributed by atoms with Crippen LogP contribution in [0.25, 0.3) is 20.9 Å². The molecule has 0 aliphatic heterocycles. The van der Waals surface area contributed by atoms with Gasteiger partial charge in [-0.15, -0.1) is 0 Å². The van der Waals surface area contributed by atoms with Crippen molar-refractivity contribution in [3.05, 3.63) is 63.4 Å². The fourth-order valence-corrected chi connectivity index (χ4v) is 2.79. The van der Waals surface area contributed by atoms with Crippen molar-refractivity contribution in [3.8, 4) is 5.75 Å². The molecule has 10 nitrogen and oxygen atoms in total. The zero-order valence-corrected chi connectivity index (χ0v) is 12.2. The minimum Gasteiger partial charge on any atom is -0.507 e. The second-order valence-corrected chi connectivity index (χ2v) is 5.84. The molecule has 0 saturated heterocycles. The van der Waals surface area contributed by atoms with E-state index in [9.17, 15) is 13.5 Å². The molecule has 0 radical (unpaired) electrons. The van der Waals surface area contributed by atoms with Crippen LogP contribution in [-0.2, 0) is 10.0 Å². The highest BCUT2D eigenvalue weighted by atomic mass is 32.2. The number of rotatable bonds is 5. The molecule has 0 atom stereocenters. The van der Waals surface area contributed by atoms with Crippen LogP contribution in [0.5, 0.6) is 5.75 Å². The summed E-state index contributed by atoms with van der Waals surface area (Å²) in [6.07, 6.45) is 0. The highest BCUT2D eigenvalue weighted by Gasteiger charge is 2.16. The van der Waals surface area contributed by atoms with Crippen LogP contribution in [0.4, 0.5) is 17.1 Å². The van der Waals surface area contributed by atoms with Gasteiger partial charge in [-0.3, -0.25) is 4.72 Å². The van der Waals surface area contributed by atoms with E-state index in [1.807, 2.05) is 0 Å². The summed E-state index contributed by atoms with van der Waals surface area (Å²) in [7, 11) is -3.89. The van der Waals surface area contributed by atoms with Crippen molar-refractivity contribution in [2.45, 2.75) is 4.90 Å². The Morgan fingerprint density at radius 3 is 2.00 bits per heavy atom. The zero-order chi connectivity index (χ0) is 16.9. The van der Waals surface area contributed by atoms with Gasteiger partial charge in [-0.2, -0.15) is 0 Å². The number of phenolic OH excluding ortho intramolecular Hbond substituents is 1. The molecule has 0 aromatic heterocycles. The van der Waals surface area contributed by atoms with Crippen molar-refractivity contribution in [1.82, 2.24) is 0 Å². The van der Waals surface area contributed by atoms with Crippen molar-refractivity contribution in [3.63, 3.8) is 0 Å². The first-order valence-corrected chi connectivity index (χ1v) is 7.51. The van der Waals surface area contributed by atoms with Gasteiger partial charge in [0.15, 0.2) is 0 Å². The molecule has 0 aliphatic carbocycles. The minimum atomic E-state index is -3.89. The summed E-state index contributed by atoms with van der Waals surface area (Å²) in [6.45, 7) is 0. The average molecular weight is 331 g/mol. The molecule has 2 rings (SSSR count). The van der Waals surface area contributed by atoms with Gasteiger partial charge in [0, 0.05) is 9.82 Å². The van der Waals surface area contributed by atoms with E-state index in [1.165, 1.54) is 12.1 Å². The van der Waals surface area contributed by atoms with Gasteiger partial charge in [0.25, 0.3) is 10.0 Å². The van der Waals surface area contributed by atoms with Gasteiger partial charge >= 0.3 is 0 Å². The fraction of sp³-hybridized carbons (Fsp3) is 0. The van der Waals surface area contributed by atoms with E-state index in [0.29, 0.717) is 0 Å². The lowest BCUT2D eigenvalue weighted by atomic mass is 10.2. The van der Waals surface area contributed by atoms with Crippen molar-refractivity contribution >= 4 is 27.1 Å². The van der Waals surface area contributed by atoms with E-state index in [0.717, 1.165) is 12.1 Å². The molecule has 0 saturated carbocycles. The van der Waals surface area contributed by atoms with Crippen LogP contribution in [0.1, 0.15) is 0 Å². The maximum Gasteiger partial charge on any atom is 0.261 e. The second-order valence-electron chi connectivity index (χ2n) is 4.16. The topological polar surface area (TPSA) is 164 Å². The molecule has 0 heterocycles. The molecule has 0 amide bonds. The van der Waals surface area contributed by atoms with E-state index in [4.69, 9.17) is 11.1 Å². The van der Waals surface area contributed by atoms with E-state index < -0.39 is 15.8 Å². The number of aromatic hydroxyl groups is 1. The Bertz CT molecular complexity index is 891. The summed E-state index contributed by atoms with van der Waals surface area (Å²) < 4.78 is 26.7. The van der Waals surface area contributed by atoms with Crippen LogP contribution in [-0.4, -0.2) is 13.5 Å². The smallest absolute Gasteiger partial charge is 0.261 e. The third-order valence-corrected chi connectivity index (χ3v) is 4.08. The van der Waals surface area contributed by atoms with Gasteiger partial charge in [-0.05, 0) is 35.3 Å². The van der Waals surface area contributed by atoms with Crippen LogP contribution in [0.3, 0.4) is 0 Å². The van der Waals surface area contributed by atoms with Gasteiger partial charge in [-0.1, -0.05) is 28.4 Å². The maximum atomic E-state index is 12.2. The molecular weight excluding hydrogens is 322 g/mol. The predicted molar refractivity (Wildman–Crippen MR) is 83.0 cm³/mol. The summed E-state index contributed by atoms with van der Waals surface area (Å²) in [5.41, 5.74) is 16.4. The van der Waals surface area contributed by atoms with Gasteiger partial charge in [0.1, 0.15) is 5.75 Å². The Labute approximate surface area is 130 Å². The number of sulfonamides is 1. The Kier molecular flexibility index (Phi) is 4.58. The highest BCUT2D eigenvalue weighted by molar-refractivity contribution is 7.92. The first kappa shape index (κ1) is 16.0. The molecular formula is C12H9N7O3S. The molecule has 2 N–H and O–H groups in total. The molecule has 2 aromatic carbocycles. The number of hydrogen-bond donors (Lipinski definition) is 2. The van der Waals surface area contributed by atoms with Crippen LogP contribution in [0.2, 0.25) is 0 Å². The fourth-order valence-electron chi connectivity index (χ4n) is 1.73. The van der Waals surface area contributed by atoms with E-state index >= 15 is 0 Å². The van der Waals surface area contributed by atoms with Crippen LogP contribution in [0.15, 0.2) is 57.6 Å². The van der Waals surface area contributed by atoms with Crippen LogP contribution < -0.4 is 4.72 Å². The van der Waals surface area contributed by atoms with Gasteiger partial charge in [-0.25, -0.2) is 8.42 Å². The first-order valence-electron chi connectivity index (χ1n) is 6.03. The standard InChI is InChI=1S/C12H9N7O3S/c13-18-15-10-6-8(7-11(12(10)20)16-19-14)17-23(21,22)9-4-2-1-3-5-9/h1-7,17,20H. The predicted octanol–water partition coefficient (Wildman–Crippen LogP) is 4.08. The van der Waals surface area contributed by atoms with E-state index in [-0.39, 0.29) is 22.0 Å². The number of benzene rings is 2. The summed E-state index contributed by atoms with van der Waals surface area (Å²) in [5.74, 6) is -0.553. The lowest BCUT2D eigenvalue weighted by molar-refractivity contribution is 0.478. The zero-order valence-electron chi connectivity index (χ0n) is 11.4. The van der Waals surface area contributed by atoms with Gasteiger partial charge in [0.05, 0.1) is 22.0 Å². The third kappa shape index (κ3) is 3.63. The number of phenols is 1. The quantitative estimate of drug-likeness (QED) is 0.365. The van der Waals surface area contributed by atoms with Crippen molar-refractivity contribution in [2.75, 3.05) is 4.72 Å². The molecule has 23 heavy (non-hydrogen) atoms. The largest absolute Gasteiger partial charge is 0.507 e. The van der Waals surface area contributed by atoms with Crippen molar-refractivity contribution in [2.24, 2.45) is 10.2 Å². The maximum absolute atomic E-state index is 12.2.